The summed E-state index contributed by atoms with van der Waals surface area (Å²) < 4.78 is 42.9. The highest BCUT2D eigenvalue weighted by Crippen LogP contribution is 2.40. The Balaban J connectivity index is 4.56. The molecule has 3 nitrogen and oxygen atoms in total. The lowest BCUT2D eigenvalue weighted by Crippen LogP contribution is -2.51. The molecule has 0 aliphatic heterocycles. The van der Waals surface area contributed by atoms with Gasteiger partial charge in [0.2, 0.25) is 0 Å². The molecule has 17 heavy (non-hydrogen) atoms. The fraction of sp³-hybridized carbons (Fsp3) is 0.909. The van der Waals surface area contributed by atoms with E-state index in [4.69, 9.17) is 4.74 Å². The van der Waals surface area contributed by atoms with Crippen molar-refractivity contribution in [3.8, 4) is 0 Å². The van der Waals surface area contributed by atoms with E-state index >= 15 is 0 Å². The Hall–Kier alpha value is -0.940. The molecule has 0 bridgehead atoms. The summed E-state index contributed by atoms with van der Waals surface area (Å²) in [4.78, 5) is 11.3. The summed E-state index contributed by atoms with van der Waals surface area (Å²) in [7, 11) is 0. The lowest BCUT2D eigenvalue weighted by Gasteiger charge is -2.34. The van der Waals surface area contributed by atoms with E-state index in [-0.39, 0.29) is 0 Å². The number of halogens is 3. The smallest absolute Gasteiger partial charge is 0.407 e. The number of rotatable bonds is 2. The average molecular weight is 255 g/mol. The molecule has 0 heterocycles. The molecule has 102 valence electrons. The monoisotopic (exact) mass is 255 g/mol. The second kappa shape index (κ2) is 4.74. The van der Waals surface area contributed by atoms with Crippen LogP contribution in [0.3, 0.4) is 0 Å². The third-order valence-electron chi connectivity index (χ3n) is 2.55. The number of ether oxygens (including phenoxy) is 1. The van der Waals surface area contributed by atoms with Gasteiger partial charge >= 0.3 is 12.3 Å². The summed E-state index contributed by atoms with van der Waals surface area (Å²) in [6.45, 7) is 8.31. The molecule has 0 saturated heterocycles. The minimum atomic E-state index is -4.39. The molecular formula is C11H20F3NO2. The summed E-state index contributed by atoms with van der Waals surface area (Å²) in [5, 5.41) is 2.20. The first-order valence-electron chi connectivity index (χ1n) is 5.33. The van der Waals surface area contributed by atoms with Crippen LogP contribution in [0.1, 0.15) is 41.5 Å². The van der Waals surface area contributed by atoms with Crippen LogP contribution in [0.2, 0.25) is 0 Å². The average Bonchev–Trinajstić information content (AvgIpc) is 1.97. The second-order valence-electron chi connectivity index (χ2n) is 5.59. The standard InChI is InChI=1S/C11H20F3NO2/c1-7(10(5,6)11(12,13)14)15-8(16)17-9(2,3)4/h7H,1-6H3,(H,15,16). The highest BCUT2D eigenvalue weighted by molar-refractivity contribution is 5.68. The molecule has 0 spiro atoms. The van der Waals surface area contributed by atoms with Crippen molar-refractivity contribution in [1.29, 1.82) is 0 Å². The zero-order valence-electron chi connectivity index (χ0n) is 11.0. The van der Waals surface area contributed by atoms with Crippen molar-refractivity contribution in [3.05, 3.63) is 0 Å². The van der Waals surface area contributed by atoms with Gasteiger partial charge in [-0.2, -0.15) is 13.2 Å². The van der Waals surface area contributed by atoms with Crippen LogP contribution in [0, 0.1) is 5.41 Å². The van der Waals surface area contributed by atoms with Gasteiger partial charge in [-0.15, -0.1) is 0 Å². The molecule has 6 heteroatoms. The number of amides is 1. The van der Waals surface area contributed by atoms with Crippen LogP contribution in [0.5, 0.6) is 0 Å². The van der Waals surface area contributed by atoms with Gasteiger partial charge in [-0.1, -0.05) is 0 Å². The molecule has 0 aliphatic rings. The number of carbonyl (C=O) groups excluding carboxylic acids is 1. The lowest BCUT2D eigenvalue weighted by molar-refractivity contribution is -0.219. The Kier molecular flexibility index (Phi) is 4.48. The molecule has 0 aromatic heterocycles. The molecule has 0 aromatic rings. The summed E-state index contributed by atoms with van der Waals surface area (Å²) >= 11 is 0. The van der Waals surface area contributed by atoms with Gasteiger partial charge < -0.3 is 10.1 Å². The Labute approximate surface area is 99.7 Å². The number of hydrogen-bond donors (Lipinski definition) is 1. The van der Waals surface area contributed by atoms with Gasteiger partial charge in [0, 0.05) is 6.04 Å². The molecule has 1 unspecified atom stereocenters. The number of nitrogens with one attached hydrogen (secondary N) is 1. The Morgan fingerprint density at radius 3 is 1.82 bits per heavy atom. The first kappa shape index (κ1) is 16.1. The molecule has 1 atom stereocenters. The van der Waals surface area contributed by atoms with Gasteiger partial charge in [0.25, 0.3) is 0 Å². The van der Waals surface area contributed by atoms with Crippen molar-refractivity contribution in [2.45, 2.75) is 59.4 Å². The van der Waals surface area contributed by atoms with Gasteiger partial charge in [-0.05, 0) is 41.5 Å². The zero-order chi connectivity index (χ0) is 14.1. The molecule has 1 N–H and O–H groups in total. The van der Waals surface area contributed by atoms with Gasteiger partial charge in [0.05, 0.1) is 5.41 Å². The van der Waals surface area contributed by atoms with E-state index < -0.39 is 29.3 Å². The topological polar surface area (TPSA) is 38.3 Å². The Morgan fingerprint density at radius 1 is 1.12 bits per heavy atom. The Bertz CT molecular complexity index is 279. The maximum atomic E-state index is 12.7. The van der Waals surface area contributed by atoms with E-state index in [1.165, 1.54) is 6.92 Å². The molecular weight excluding hydrogens is 235 g/mol. The number of alkyl halides is 3. The molecule has 0 fully saturated rings. The van der Waals surface area contributed by atoms with Crippen LogP contribution >= 0.6 is 0 Å². The number of alkyl carbamates (subject to hydrolysis) is 1. The van der Waals surface area contributed by atoms with E-state index in [0.29, 0.717) is 0 Å². The molecule has 0 saturated carbocycles. The number of hydrogen-bond acceptors (Lipinski definition) is 2. The maximum Gasteiger partial charge on any atom is 0.407 e. The summed E-state index contributed by atoms with van der Waals surface area (Å²) in [5.74, 6) is 0. The van der Waals surface area contributed by atoms with Crippen LogP contribution in [0.25, 0.3) is 0 Å². The highest BCUT2D eigenvalue weighted by Gasteiger charge is 2.51. The number of carbonyl (C=O) groups is 1. The van der Waals surface area contributed by atoms with E-state index in [1.807, 2.05) is 0 Å². The largest absolute Gasteiger partial charge is 0.444 e. The predicted octanol–water partition coefficient (Wildman–Crippen LogP) is 3.49. The molecule has 0 radical (unpaired) electrons. The summed E-state index contributed by atoms with van der Waals surface area (Å²) in [5.41, 5.74) is -2.74. The van der Waals surface area contributed by atoms with Gasteiger partial charge in [0.15, 0.2) is 0 Å². The first-order chi connectivity index (χ1) is 7.27. The van der Waals surface area contributed by atoms with Gasteiger partial charge in [-0.3, -0.25) is 0 Å². The predicted molar refractivity (Wildman–Crippen MR) is 58.7 cm³/mol. The zero-order valence-corrected chi connectivity index (χ0v) is 11.0. The first-order valence-corrected chi connectivity index (χ1v) is 5.33. The minimum absolute atomic E-state index is 0.730. The fourth-order valence-corrected chi connectivity index (χ4v) is 0.910. The molecule has 0 rings (SSSR count). The van der Waals surface area contributed by atoms with Crippen LogP contribution in [-0.2, 0) is 4.74 Å². The van der Waals surface area contributed by atoms with Crippen LogP contribution in [0.4, 0.5) is 18.0 Å². The SMILES string of the molecule is CC(NC(=O)OC(C)(C)C)C(C)(C)C(F)(F)F. The van der Waals surface area contributed by atoms with Crippen molar-refractivity contribution in [2.24, 2.45) is 5.41 Å². The van der Waals surface area contributed by atoms with Crippen molar-refractivity contribution in [2.75, 3.05) is 0 Å². The third kappa shape index (κ3) is 4.83. The van der Waals surface area contributed by atoms with Gasteiger partial charge in [-0.25, -0.2) is 4.79 Å². The van der Waals surface area contributed by atoms with Crippen molar-refractivity contribution >= 4 is 6.09 Å². The molecule has 0 aliphatic carbocycles. The van der Waals surface area contributed by atoms with Crippen molar-refractivity contribution < 1.29 is 22.7 Å². The van der Waals surface area contributed by atoms with E-state index in [0.717, 1.165) is 13.8 Å². The molecule has 0 aromatic carbocycles. The molecule has 1 amide bonds. The second-order valence-corrected chi connectivity index (χ2v) is 5.59. The van der Waals surface area contributed by atoms with E-state index in [2.05, 4.69) is 5.32 Å². The van der Waals surface area contributed by atoms with Crippen LogP contribution in [-0.4, -0.2) is 23.9 Å². The normalized spacial score (nSPS) is 15.4. The quantitative estimate of drug-likeness (QED) is 0.820. The Morgan fingerprint density at radius 2 is 1.53 bits per heavy atom. The van der Waals surface area contributed by atoms with E-state index in [9.17, 15) is 18.0 Å². The van der Waals surface area contributed by atoms with E-state index in [1.54, 1.807) is 20.8 Å². The van der Waals surface area contributed by atoms with Crippen molar-refractivity contribution in [1.82, 2.24) is 5.32 Å². The lowest BCUT2D eigenvalue weighted by atomic mass is 9.85. The van der Waals surface area contributed by atoms with Crippen molar-refractivity contribution in [3.63, 3.8) is 0 Å². The van der Waals surface area contributed by atoms with Gasteiger partial charge in [0.1, 0.15) is 5.60 Å². The minimum Gasteiger partial charge on any atom is -0.444 e. The highest BCUT2D eigenvalue weighted by atomic mass is 19.4. The summed E-state index contributed by atoms with van der Waals surface area (Å²) in [6.07, 6.45) is -5.23. The van der Waals surface area contributed by atoms with Crippen LogP contribution < -0.4 is 5.32 Å². The fourth-order valence-electron chi connectivity index (χ4n) is 0.910. The summed E-state index contributed by atoms with van der Waals surface area (Å²) in [6, 6.07) is -1.07. The third-order valence-corrected chi connectivity index (χ3v) is 2.55. The van der Waals surface area contributed by atoms with Crippen LogP contribution in [0.15, 0.2) is 0 Å². The maximum absolute atomic E-state index is 12.7.